The number of thioether (sulfide) groups is 1. The average molecular weight is 250 g/mol. The summed E-state index contributed by atoms with van der Waals surface area (Å²) in [6.07, 6.45) is 11.0. The zero-order chi connectivity index (χ0) is 12.1. The minimum Gasteiger partial charge on any atom is -0.369 e. The molecule has 1 aliphatic rings. The van der Waals surface area contributed by atoms with Gasteiger partial charge in [0.25, 0.3) is 0 Å². The molecule has 0 bridgehead atoms. The summed E-state index contributed by atoms with van der Waals surface area (Å²) in [5.41, 5.74) is 1.22. The summed E-state index contributed by atoms with van der Waals surface area (Å²) in [5, 5.41) is 3.50. The zero-order valence-electron chi connectivity index (χ0n) is 10.8. The van der Waals surface area contributed by atoms with Crippen LogP contribution in [0.5, 0.6) is 0 Å². The number of aromatic nitrogens is 1. The summed E-state index contributed by atoms with van der Waals surface area (Å²) >= 11 is 2.03. The third-order valence-corrected chi connectivity index (χ3v) is 5.12. The lowest BCUT2D eigenvalue weighted by molar-refractivity contribution is 0.411. The van der Waals surface area contributed by atoms with Crippen LogP contribution in [0.3, 0.4) is 0 Å². The van der Waals surface area contributed by atoms with Crippen LogP contribution in [-0.2, 0) is 0 Å². The van der Waals surface area contributed by atoms with E-state index in [-0.39, 0.29) is 0 Å². The molecule has 94 valence electrons. The molecule has 0 amide bonds. The van der Waals surface area contributed by atoms with Gasteiger partial charge in [-0.1, -0.05) is 25.3 Å². The highest BCUT2D eigenvalue weighted by Gasteiger charge is 2.30. The number of rotatable bonds is 4. The predicted octanol–water partition coefficient (Wildman–Crippen LogP) is 3.87. The molecule has 0 atom stereocenters. The quantitative estimate of drug-likeness (QED) is 0.878. The van der Waals surface area contributed by atoms with Crippen molar-refractivity contribution in [3.05, 3.63) is 23.9 Å². The summed E-state index contributed by atoms with van der Waals surface area (Å²) in [5.74, 6) is 1.01. The van der Waals surface area contributed by atoms with Crippen LogP contribution in [0.4, 0.5) is 5.82 Å². The predicted molar refractivity (Wildman–Crippen MR) is 76.8 cm³/mol. The lowest BCUT2D eigenvalue weighted by Crippen LogP contribution is -2.35. The van der Waals surface area contributed by atoms with E-state index in [0.29, 0.717) is 4.75 Å². The first-order chi connectivity index (χ1) is 8.24. The molecule has 1 fully saturated rings. The van der Waals surface area contributed by atoms with Gasteiger partial charge in [0.15, 0.2) is 0 Å². The molecule has 0 aliphatic heterocycles. The number of hydrogen-bond acceptors (Lipinski definition) is 3. The van der Waals surface area contributed by atoms with Crippen molar-refractivity contribution in [3.8, 4) is 0 Å². The van der Waals surface area contributed by atoms with Crippen molar-refractivity contribution in [2.45, 2.75) is 43.8 Å². The van der Waals surface area contributed by atoms with E-state index in [0.717, 1.165) is 12.4 Å². The Kier molecular flexibility index (Phi) is 4.32. The van der Waals surface area contributed by atoms with Gasteiger partial charge in [-0.05, 0) is 37.7 Å². The lowest BCUT2D eigenvalue weighted by Gasteiger charge is -2.36. The molecule has 1 heterocycles. The van der Waals surface area contributed by atoms with Crippen LogP contribution in [0.25, 0.3) is 0 Å². The fourth-order valence-corrected chi connectivity index (χ4v) is 3.39. The Morgan fingerprint density at radius 1 is 1.29 bits per heavy atom. The van der Waals surface area contributed by atoms with Crippen LogP contribution in [0, 0.1) is 6.92 Å². The molecule has 0 spiro atoms. The largest absolute Gasteiger partial charge is 0.369 e. The van der Waals surface area contributed by atoms with Gasteiger partial charge in [0.1, 0.15) is 5.82 Å². The van der Waals surface area contributed by atoms with E-state index in [1.165, 1.54) is 37.7 Å². The number of anilines is 1. The van der Waals surface area contributed by atoms with E-state index in [1.807, 2.05) is 18.0 Å². The first kappa shape index (κ1) is 12.7. The highest BCUT2D eigenvalue weighted by Crippen LogP contribution is 2.38. The third kappa shape index (κ3) is 3.38. The van der Waals surface area contributed by atoms with Gasteiger partial charge < -0.3 is 5.32 Å². The van der Waals surface area contributed by atoms with Gasteiger partial charge in [-0.2, -0.15) is 11.8 Å². The second-order valence-electron chi connectivity index (χ2n) is 5.02. The molecule has 1 saturated carbocycles. The molecule has 2 rings (SSSR count). The Hall–Kier alpha value is -0.700. The maximum absolute atomic E-state index is 4.41. The average Bonchev–Trinajstić information content (AvgIpc) is 2.39. The molecule has 1 N–H and O–H groups in total. The van der Waals surface area contributed by atoms with Gasteiger partial charge in [-0.15, -0.1) is 0 Å². The standard InChI is InChI=1S/C14H22N2S/c1-12-6-7-13(15-10-12)16-11-14(17-2)8-4-3-5-9-14/h6-7,10H,3-5,8-9,11H2,1-2H3,(H,15,16). The fourth-order valence-electron chi connectivity index (χ4n) is 2.47. The fraction of sp³-hybridized carbons (Fsp3) is 0.643. The molecule has 1 aromatic rings. The molecule has 0 saturated heterocycles. The summed E-state index contributed by atoms with van der Waals surface area (Å²) in [6, 6.07) is 4.19. The van der Waals surface area contributed by atoms with Gasteiger partial charge in [0.2, 0.25) is 0 Å². The highest BCUT2D eigenvalue weighted by molar-refractivity contribution is 8.00. The summed E-state index contributed by atoms with van der Waals surface area (Å²) in [6.45, 7) is 3.12. The molecule has 0 unspecified atom stereocenters. The zero-order valence-corrected chi connectivity index (χ0v) is 11.6. The first-order valence-corrected chi connectivity index (χ1v) is 7.68. The molecular formula is C14H22N2S. The molecule has 1 aliphatic carbocycles. The number of nitrogens with one attached hydrogen (secondary N) is 1. The monoisotopic (exact) mass is 250 g/mol. The van der Waals surface area contributed by atoms with Crippen LogP contribution in [0.2, 0.25) is 0 Å². The maximum atomic E-state index is 4.41. The van der Waals surface area contributed by atoms with Gasteiger partial charge in [0, 0.05) is 17.5 Å². The van der Waals surface area contributed by atoms with E-state index < -0.39 is 0 Å². The van der Waals surface area contributed by atoms with E-state index >= 15 is 0 Å². The normalized spacial score (nSPS) is 18.9. The Morgan fingerprint density at radius 3 is 2.65 bits per heavy atom. The molecule has 17 heavy (non-hydrogen) atoms. The third-order valence-electron chi connectivity index (χ3n) is 3.70. The molecule has 2 nitrogen and oxygen atoms in total. The second kappa shape index (κ2) is 5.76. The highest BCUT2D eigenvalue weighted by atomic mass is 32.2. The molecule has 3 heteroatoms. The van der Waals surface area contributed by atoms with Crippen LogP contribution >= 0.6 is 11.8 Å². The second-order valence-corrected chi connectivity index (χ2v) is 6.30. The van der Waals surface area contributed by atoms with E-state index in [1.54, 1.807) is 0 Å². The summed E-state index contributed by atoms with van der Waals surface area (Å²) < 4.78 is 0.435. The van der Waals surface area contributed by atoms with Crippen LogP contribution < -0.4 is 5.32 Å². The van der Waals surface area contributed by atoms with Gasteiger partial charge in [0.05, 0.1) is 0 Å². The lowest BCUT2D eigenvalue weighted by atomic mass is 9.88. The first-order valence-electron chi connectivity index (χ1n) is 6.46. The Balaban J connectivity index is 1.93. The van der Waals surface area contributed by atoms with Crippen molar-refractivity contribution in [3.63, 3.8) is 0 Å². The van der Waals surface area contributed by atoms with Gasteiger partial charge >= 0.3 is 0 Å². The van der Waals surface area contributed by atoms with E-state index in [2.05, 4.69) is 35.6 Å². The topological polar surface area (TPSA) is 24.9 Å². The molecule has 1 aromatic heterocycles. The molecule has 0 aromatic carbocycles. The van der Waals surface area contributed by atoms with E-state index in [9.17, 15) is 0 Å². The smallest absolute Gasteiger partial charge is 0.125 e. The van der Waals surface area contributed by atoms with Crippen LogP contribution in [-0.4, -0.2) is 22.5 Å². The maximum Gasteiger partial charge on any atom is 0.125 e. The van der Waals surface area contributed by atoms with Crippen molar-refractivity contribution >= 4 is 17.6 Å². The SMILES string of the molecule is CSC1(CNc2ccc(C)cn2)CCCCC1. The number of aryl methyl sites for hydroxylation is 1. The molecular weight excluding hydrogens is 228 g/mol. The van der Waals surface area contributed by atoms with Crippen molar-refractivity contribution in [1.29, 1.82) is 0 Å². The van der Waals surface area contributed by atoms with E-state index in [4.69, 9.17) is 0 Å². The molecule has 0 radical (unpaired) electrons. The van der Waals surface area contributed by atoms with Crippen molar-refractivity contribution < 1.29 is 0 Å². The number of nitrogens with zero attached hydrogens (tertiary/aromatic N) is 1. The Morgan fingerprint density at radius 2 is 2.06 bits per heavy atom. The van der Waals surface area contributed by atoms with Crippen molar-refractivity contribution in [2.75, 3.05) is 18.1 Å². The number of hydrogen-bond donors (Lipinski definition) is 1. The van der Waals surface area contributed by atoms with Crippen molar-refractivity contribution in [2.24, 2.45) is 0 Å². The van der Waals surface area contributed by atoms with Gasteiger partial charge in [-0.3, -0.25) is 0 Å². The summed E-state index contributed by atoms with van der Waals surface area (Å²) in [7, 11) is 0. The van der Waals surface area contributed by atoms with Crippen molar-refractivity contribution in [1.82, 2.24) is 4.98 Å². The summed E-state index contributed by atoms with van der Waals surface area (Å²) in [4.78, 5) is 4.41. The minimum atomic E-state index is 0.435. The van der Waals surface area contributed by atoms with Crippen LogP contribution in [0.15, 0.2) is 18.3 Å². The van der Waals surface area contributed by atoms with Gasteiger partial charge in [-0.25, -0.2) is 4.98 Å². The Bertz CT molecular complexity index is 342. The Labute approximate surface area is 109 Å². The van der Waals surface area contributed by atoms with Crippen LogP contribution in [0.1, 0.15) is 37.7 Å². The minimum absolute atomic E-state index is 0.435. The number of pyridine rings is 1.